The van der Waals surface area contributed by atoms with Crippen molar-refractivity contribution >= 4 is 15.8 Å². The molecule has 0 amide bonds. The number of carbonyl (C=O) groups is 1. The molecule has 1 aliphatic heterocycles. The van der Waals surface area contributed by atoms with Crippen LogP contribution in [0.1, 0.15) is 61.3 Å². The fraction of sp³-hybridized carbons (Fsp3) is 0.355. The van der Waals surface area contributed by atoms with Gasteiger partial charge in [-0.05, 0) is 73.6 Å². The summed E-state index contributed by atoms with van der Waals surface area (Å²) in [6.07, 6.45) is 3.16. The maximum absolute atomic E-state index is 15.1. The molecule has 1 N–H and O–H groups in total. The number of pyridine rings is 1. The maximum Gasteiger partial charge on any atom is 0.304 e. The van der Waals surface area contributed by atoms with Crippen LogP contribution in [0.25, 0.3) is 11.1 Å². The summed E-state index contributed by atoms with van der Waals surface area (Å²) in [4.78, 5) is 15.6. The second-order valence-electron chi connectivity index (χ2n) is 10.1. The smallest absolute Gasteiger partial charge is 0.304 e. The summed E-state index contributed by atoms with van der Waals surface area (Å²) < 4.78 is 50.5. The van der Waals surface area contributed by atoms with E-state index in [4.69, 9.17) is 9.47 Å². The summed E-state index contributed by atoms with van der Waals surface area (Å²) in [6, 6.07) is 14.0. The molecule has 2 heterocycles. The number of aliphatic carboxylic acids is 1. The first-order valence-corrected chi connectivity index (χ1v) is 15.1. The van der Waals surface area contributed by atoms with E-state index in [-0.39, 0.29) is 29.8 Å². The van der Waals surface area contributed by atoms with E-state index in [1.807, 2.05) is 6.07 Å². The van der Waals surface area contributed by atoms with E-state index in [1.165, 1.54) is 6.07 Å². The number of carboxylic acid groups (broad SMARTS) is 1. The molecule has 2 aromatic carbocycles. The Morgan fingerprint density at radius 2 is 1.82 bits per heavy atom. The van der Waals surface area contributed by atoms with Gasteiger partial charge in [-0.15, -0.1) is 5.92 Å². The van der Waals surface area contributed by atoms with Gasteiger partial charge in [0, 0.05) is 23.4 Å². The van der Waals surface area contributed by atoms with Gasteiger partial charge in [0.1, 0.15) is 23.8 Å². The molecular formula is C31H30FNO6S. The second kappa shape index (κ2) is 11.7. The monoisotopic (exact) mass is 563 g/mol. The first kappa shape index (κ1) is 27.7. The van der Waals surface area contributed by atoms with Crippen LogP contribution < -0.4 is 9.47 Å². The average molecular weight is 564 g/mol. The fourth-order valence-electron chi connectivity index (χ4n) is 5.37. The number of hydrogen-bond acceptors (Lipinski definition) is 6. The molecule has 1 aliphatic carbocycles. The molecule has 2 atom stereocenters. The van der Waals surface area contributed by atoms with Crippen LogP contribution in [0, 0.1) is 17.7 Å². The summed E-state index contributed by atoms with van der Waals surface area (Å²) in [5.74, 6) is 5.34. The van der Waals surface area contributed by atoms with Crippen molar-refractivity contribution in [1.82, 2.24) is 4.98 Å². The number of halogens is 1. The van der Waals surface area contributed by atoms with Crippen LogP contribution in [0.4, 0.5) is 4.39 Å². The zero-order chi connectivity index (χ0) is 28.3. The Balaban J connectivity index is 1.30. The number of benzene rings is 2. The average Bonchev–Trinajstić information content (AvgIpc) is 3.35. The summed E-state index contributed by atoms with van der Waals surface area (Å²) in [6.45, 7) is 1.68. The van der Waals surface area contributed by atoms with E-state index in [0.717, 1.165) is 22.3 Å². The van der Waals surface area contributed by atoms with Crippen LogP contribution in [0.5, 0.6) is 11.6 Å². The highest BCUT2D eigenvalue weighted by atomic mass is 32.2. The molecule has 0 unspecified atom stereocenters. The van der Waals surface area contributed by atoms with Crippen LogP contribution in [-0.2, 0) is 21.1 Å². The van der Waals surface area contributed by atoms with Crippen LogP contribution in [0.15, 0.2) is 54.7 Å². The van der Waals surface area contributed by atoms with Crippen molar-refractivity contribution in [2.75, 3.05) is 11.5 Å². The Hall–Kier alpha value is -3.90. The van der Waals surface area contributed by atoms with E-state index >= 15 is 4.39 Å². The number of fused-ring (bicyclic) bond motifs is 1. The standard InChI is InChI=1S/C31H30FNO6S/c1-2-3-21(18-30(34)35)20-4-7-23(8-5-20)38-28-12-10-26-25(9-11-27(32)31(26)28)22-6-13-29(33-19-22)39-24-14-16-40(36,37)17-15-24/h4-9,11,13,19,21,24,28H,10,12,14-18H2,1H3,(H,34,35)/t21-,28+/m0/s1. The van der Waals surface area contributed by atoms with Crippen LogP contribution in [-0.4, -0.2) is 42.1 Å². The molecule has 1 aromatic heterocycles. The molecule has 7 nitrogen and oxygen atoms in total. The third-order valence-electron chi connectivity index (χ3n) is 7.38. The Labute approximate surface area is 233 Å². The molecule has 1 saturated heterocycles. The summed E-state index contributed by atoms with van der Waals surface area (Å²) >= 11 is 0. The largest absolute Gasteiger partial charge is 0.486 e. The molecule has 40 heavy (non-hydrogen) atoms. The minimum absolute atomic E-state index is 0.0854. The SMILES string of the molecule is CC#C[C@@H](CC(=O)O)c1ccc(O[C@@H]2CCc3c(-c4ccc(OC5CCS(=O)(=O)CC5)nc4)ccc(F)c32)cc1. The van der Waals surface area contributed by atoms with Crippen LogP contribution in [0.3, 0.4) is 0 Å². The lowest BCUT2D eigenvalue weighted by atomic mass is 9.96. The molecule has 0 radical (unpaired) electrons. The lowest BCUT2D eigenvalue weighted by molar-refractivity contribution is -0.137. The number of carboxylic acids is 1. The predicted octanol–water partition coefficient (Wildman–Crippen LogP) is 5.49. The quantitative estimate of drug-likeness (QED) is 0.362. The highest BCUT2D eigenvalue weighted by Crippen LogP contribution is 2.42. The van der Waals surface area contributed by atoms with E-state index in [0.29, 0.717) is 42.9 Å². The molecule has 3 aromatic rings. The lowest BCUT2D eigenvalue weighted by Gasteiger charge is -2.22. The van der Waals surface area contributed by atoms with Gasteiger partial charge in [-0.3, -0.25) is 4.79 Å². The van der Waals surface area contributed by atoms with E-state index in [9.17, 15) is 18.3 Å². The van der Waals surface area contributed by atoms with Gasteiger partial charge in [0.05, 0.1) is 23.8 Å². The van der Waals surface area contributed by atoms with Crippen molar-refractivity contribution in [1.29, 1.82) is 0 Å². The molecule has 5 rings (SSSR count). The molecular weight excluding hydrogens is 533 g/mol. The summed E-state index contributed by atoms with van der Waals surface area (Å²) in [5, 5.41) is 9.18. The number of aromatic nitrogens is 1. The highest BCUT2D eigenvalue weighted by Gasteiger charge is 2.30. The van der Waals surface area contributed by atoms with Gasteiger partial charge in [0.2, 0.25) is 5.88 Å². The molecule has 9 heteroatoms. The van der Waals surface area contributed by atoms with Crippen molar-refractivity contribution in [2.45, 2.75) is 57.2 Å². The minimum Gasteiger partial charge on any atom is -0.486 e. The number of hydrogen-bond donors (Lipinski definition) is 1. The Kier molecular flexibility index (Phi) is 8.08. The predicted molar refractivity (Wildman–Crippen MR) is 149 cm³/mol. The Bertz CT molecular complexity index is 1540. The van der Waals surface area contributed by atoms with Gasteiger partial charge < -0.3 is 14.6 Å². The molecule has 0 saturated carbocycles. The van der Waals surface area contributed by atoms with Crippen molar-refractivity contribution in [3.8, 4) is 34.6 Å². The first-order chi connectivity index (χ1) is 19.2. The van der Waals surface area contributed by atoms with Gasteiger partial charge in [-0.1, -0.05) is 24.1 Å². The molecule has 0 spiro atoms. The number of ether oxygens (including phenoxy) is 2. The van der Waals surface area contributed by atoms with Crippen molar-refractivity contribution in [3.05, 3.63) is 77.2 Å². The number of sulfone groups is 1. The van der Waals surface area contributed by atoms with E-state index in [1.54, 1.807) is 49.5 Å². The van der Waals surface area contributed by atoms with Crippen molar-refractivity contribution in [2.24, 2.45) is 0 Å². The fourth-order valence-corrected chi connectivity index (χ4v) is 6.82. The molecule has 2 aliphatic rings. The Morgan fingerprint density at radius 3 is 2.48 bits per heavy atom. The van der Waals surface area contributed by atoms with Gasteiger partial charge in [0.15, 0.2) is 9.84 Å². The van der Waals surface area contributed by atoms with Gasteiger partial charge >= 0.3 is 5.97 Å². The first-order valence-electron chi connectivity index (χ1n) is 13.3. The topological polar surface area (TPSA) is 103 Å². The molecule has 1 fully saturated rings. The normalized spacial score (nSPS) is 18.7. The van der Waals surface area contributed by atoms with E-state index in [2.05, 4.69) is 16.8 Å². The van der Waals surface area contributed by atoms with Crippen molar-refractivity contribution < 1.29 is 32.2 Å². The lowest BCUT2D eigenvalue weighted by Crippen LogP contribution is -2.30. The third-order valence-corrected chi connectivity index (χ3v) is 9.09. The van der Waals surface area contributed by atoms with E-state index < -0.39 is 27.8 Å². The Morgan fingerprint density at radius 1 is 1.07 bits per heavy atom. The summed E-state index contributed by atoms with van der Waals surface area (Å²) in [7, 11) is -2.96. The van der Waals surface area contributed by atoms with Gasteiger partial charge in [0.25, 0.3) is 0 Å². The minimum atomic E-state index is -2.96. The highest BCUT2D eigenvalue weighted by molar-refractivity contribution is 7.91. The van der Waals surface area contributed by atoms with Gasteiger partial charge in [-0.2, -0.15) is 0 Å². The molecule has 208 valence electrons. The van der Waals surface area contributed by atoms with Gasteiger partial charge in [-0.25, -0.2) is 17.8 Å². The third kappa shape index (κ3) is 6.28. The van der Waals surface area contributed by atoms with Crippen LogP contribution >= 0.6 is 0 Å². The number of nitrogens with zero attached hydrogens (tertiary/aromatic N) is 1. The zero-order valence-corrected chi connectivity index (χ0v) is 22.9. The van der Waals surface area contributed by atoms with Crippen LogP contribution in [0.2, 0.25) is 0 Å². The second-order valence-corrected chi connectivity index (χ2v) is 12.4. The summed E-state index contributed by atoms with van der Waals surface area (Å²) in [5.41, 5.74) is 3.93. The van der Waals surface area contributed by atoms with Crippen molar-refractivity contribution in [3.63, 3.8) is 0 Å². The zero-order valence-electron chi connectivity index (χ0n) is 22.1. The number of rotatable bonds is 8. The maximum atomic E-state index is 15.1. The molecule has 0 bridgehead atoms.